The van der Waals surface area contributed by atoms with Crippen LogP contribution >= 0.6 is 22.9 Å². The number of amides is 1. The second kappa shape index (κ2) is 8.98. The van der Waals surface area contributed by atoms with E-state index in [-0.39, 0.29) is 28.3 Å². The summed E-state index contributed by atoms with van der Waals surface area (Å²) in [6.45, 7) is 9.18. The van der Waals surface area contributed by atoms with Gasteiger partial charge < -0.3 is 10.2 Å². The van der Waals surface area contributed by atoms with Gasteiger partial charge in [-0.25, -0.2) is 4.98 Å². The van der Waals surface area contributed by atoms with Gasteiger partial charge >= 0.3 is 6.18 Å². The fourth-order valence-corrected chi connectivity index (χ4v) is 5.05. The van der Waals surface area contributed by atoms with E-state index in [2.05, 4.69) is 24.1 Å². The van der Waals surface area contributed by atoms with E-state index in [1.54, 1.807) is 0 Å². The van der Waals surface area contributed by atoms with Crippen LogP contribution in [0.25, 0.3) is 0 Å². The van der Waals surface area contributed by atoms with Gasteiger partial charge in [-0.05, 0) is 41.4 Å². The quantitative estimate of drug-likeness (QED) is 0.554. The van der Waals surface area contributed by atoms with Crippen molar-refractivity contribution in [3.8, 4) is 0 Å². The molecule has 0 radical (unpaired) electrons. The number of nitrogens with zero attached hydrogens (tertiary/aromatic N) is 2. The van der Waals surface area contributed by atoms with Gasteiger partial charge in [0.25, 0.3) is 0 Å². The summed E-state index contributed by atoms with van der Waals surface area (Å²) in [5.41, 5.74) is 0.0934. The predicted molar refractivity (Wildman–Crippen MR) is 119 cm³/mol. The second-order valence-electron chi connectivity index (χ2n) is 9.04. The lowest BCUT2D eigenvalue weighted by atomic mass is 9.70. The van der Waals surface area contributed by atoms with E-state index in [0.29, 0.717) is 18.1 Å². The Kier molecular flexibility index (Phi) is 6.91. The average Bonchev–Trinajstić information content (AvgIpc) is 3.15. The van der Waals surface area contributed by atoms with Gasteiger partial charge in [0, 0.05) is 23.5 Å². The number of carbonyl (C=O) groups excluding carboxylic acids is 1. The number of nitrogens with one attached hydrogen (secondary N) is 1. The summed E-state index contributed by atoms with van der Waals surface area (Å²) in [6.07, 6.45) is -3.69. The lowest BCUT2D eigenvalue weighted by Crippen LogP contribution is -2.53. The van der Waals surface area contributed by atoms with Crippen molar-refractivity contribution in [3.63, 3.8) is 0 Å². The zero-order valence-electron chi connectivity index (χ0n) is 18.0. The summed E-state index contributed by atoms with van der Waals surface area (Å²) in [7, 11) is 0. The molecule has 0 spiro atoms. The Hall–Kier alpha value is -1.80. The summed E-state index contributed by atoms with van der Waals surface area (Å²) in [5.74, 6) is 0.0665. The maximum atomic E-state index is 13.3. The Morgan fingerprint density at radius 3 is 2.45 bits per heavy atom. The van der Waals surface area contributed by atoms with Crippen molar-refractivity contribution in [2.24, 2.45) is 11.3 Å². The van der Waals surface area contributed by atoms with Gasteiger partial charge in [0.1, 0.15) is 6.04 Å². The first-order valence-electron chi connectivity index (χ1n) is 10.2. The Morgan fingerprint density at radius 2 is 1.94 bits per heavy atom. The third-order valence-electron chi connectivity index (χ3n) is 5.82. The van der Waals surface area contributed by atoms with E-state index in [9.17, 15) is 18.0 Å². The molecule has 2 heterocycles. The normalized spacial score (nSPS) is 20.0. The molecule has 2 atom stereocenters. The lowest BCUT2D eigenvalue weighted by Gasteiger charge is -2.45. The molecule has 0 aliphatic carbocycles. The molecule has 3 rings (SSSR count). The van der Waals surface area contributed by atoms with E-state index >= 15 is 0 Å². The van der Waals surface area contributed by atoms with Crippen LogP contribution in [0.3, 0.4) is 0 Å². The molecule has 1 saturated heterocycles. The maximum absolute atomic E-state index is 13.3. The number of carbonyl (C=O) groups is 1. The highest BCUT2D eigenvalue weighted by molar-refractivity contribution is 7.13. The first kappa shape index (κ1) is 23.9. The molecule has 1 aliphatic heterocycles. The molecule has 31 heavy (non-hydrogen) atoms. The highest BCUT2D eigenvalue weighted by Gasteiger charge is 2.40. The molecule has 0 saturated carbocycles. The van der Waals surface area contributed by atoms with Crippen LogP contribution in [0.5, 0.6) is 0 Å². The van der Waals surface area contributed by atoms with Crippen LogP contribution in [0.2, 0.25) is 5.02 Å². The molecule has 4 nitrogen and oxygen atoms in total. The molecule has 1 N–H and O–H groups in total. The van der Waals surface area contributed by atoms with Crippen LogP contribution in [-0.4, -0.2) is 34.9 Å². The first-order valence-corrected chi connectivity index (χ1v) is 11.5. The summed E-state index contributed by atoms with van der Waals surface area (Å²) in [4.78, 5) is 18.8. The number of thiazole rings is 1. The second-order valence-corrected chi connectivity index (χ2v) is 10.3. The van der Waals surface area contributed by atoms with Gasteiger partial charge in [-0.2, -0.15) is 13.2 Å². The minimum atomic E-state index is -4.50. The van der Waals surface area contributed by atoms with Crippen LogP contribution in [0.15, 0.2) is 29.6 Å². The molecule has 1 aromatic heterocycles. The van der Waals surface area contributed by atoms with E-state index < -0.39 is 17.9 Å². The fourth-order valence-electron chi connectivity index (χ4n) is 4.17. The third-order valence-corrected chi connectivity index (χ3v) is 6.85. The van der Waals surface area contributed by atoms with Gasteiger partial charge in [0.05, 0.1) is 0 Å². The van der Waals surface area contributed by atoms with Crippen LogP contribution in [-0.2, 0) is 11.0 Å². The van der Waals surface area contributed by atoms with Crippen LogP contribution < -0.4 is 5.32 Å². The minimum absolute atomic E-state index is 0.106. The number of rotatable bonds is 5. The number of hydrogen-bond donors (Lipinski definition) is 1. The molecule has 1 amide bonds. The number of likely N-dealkylation sites (tertiary alicyclic amines) is 1. The van der Waals surface area contributed by atoms with Crippen molar-refractivity contribution < 1.29 is 18.0 Å². The highest BCUT2D eigenvalue weighted by atomic mass is 35.5. The van der Waals surface area contributed by atoms with Crippen LogP contribution in [0.1, 0.15) is 51.3 Å². The van der Waals surface area contributed by atoms with Crippen molar-refractivity contribution in [3.05, 3.63) is 45.9 Å². The summed E-state index contributed by atoms with van der Waals surface area (Å²) >= 11 is 6.88. The summed E-state index contributed by atoms with van der Waals surface area (Å²) in [6, 6.07) is 7.19. The zero-order chi connectivity index (χ0) is 23.0. The Labute approximate surface area is 189 Å². The lowest BCUT2D eigenvalue weighted by molar-refractivity contribution is -0.140. The summed E-state index contributed by atoms with van der Waals surface area (Å²) in [5, 5.41) is 4.71. The molecular formula is C22H27ClF3N3OS. The van der Waals surface area contributed by atoms with Crippen molar-refractivity contribution in [1.29, 1.82) is 0 Å². The van der Waals surface area contributed by atoms with Crippen molar-refractivity contribution in [2.75, 3.05) is 18.4 Å². The number of halogens is 4. The predicted octanol–water partition coefficient (Wildman–Crippen LogP) is 6.29. The van der Waals surface area contributed by atoms with Gasteiger partial charge in [-0.1, -0.05) is 51.4 Å². The van der Waals surface area contributed by atoms with Gasteiger partial charge in [-0.3, -0.25) is 4.79 Å². The van der Waals surface area contributed by atoms with E-state index in [4.69, 9.17) is 11.6 Å². The minimum Gasteiger partial charge on any atom is -0.349 e. The summed E-state index contributed by atoms with van der Waals surface area (Å²) < 4.78 is 38.6. The smallest absolute Gasteiger partial charge is 0.349 e. The maximum Gasteiger partial charge on any atom is 0.434 e. The molecule has 9 heteroatoms. The van der Waals surface area contributed by atoms with Crippen LogP contribution in [0.4, 0.5) is 18.3 Å². The Balaban J connectivity index is 1.73. The number of anilines is 1. The number of alkyl halides is 3. The fraction of sp³-hybridized carbons (Fsp3) is 0.545. The third kappa shape index (κ3) is 5.52. The van der Waals surface area contributed by atoms with Crippen molar-refractivity contribution in [2.45, 2.75) is 52.3 Å². The molecule has 1 aromatic carbocycles. The molecular weight excluding hydrogens is 447 g/mol. The van der Waals surface area contributed by atoms with E-state index in [1.807, 2.05) is 43.0 Å². The van der Waals surface area contributed by atoms with Gasteiger partial charge in [-0.15, -0.1) is 11.3 Å². The molecule has 2 unspecified atom stereocenters. The molecule has 1 aliphatic rings. The van der Waals surface area contributed by atoms with Crippen molar-refractivity contribution in [1.82, 2.24) is 9.88 Å². The zero-order valence-corrected chi connectivity index (χ0v) is 19.5. The average molecular weight is 474 g/mol. The first-order chi connectivity index (χ1) is 14.4. The van der Waals surface area contributed by atoms with E-state index in [1.165, 1.54) is 5.56 Å². The van der Waals surface area contributed by atoms with E-state index in [0.717, 1.165) is 23.1 Å². The van der Waals surface area contributed by atoms with Gasteiger partial charge in [0.2, 0.25) is 5.91 Å². The largest absolute Gasteiger partial charge is 0.434 e. The van der Waals surface area contributed by atoms with Crippen LogP contribution in [0, 0.1) is 11.3 Å². The SMILES string of the molecule is CC(C)C(Nc1nc(C(F)(F)F)cs1)C(=O)N1CCC(c2ccc(Cl)cc2)C(C)(C)C1. The topological polar surface area (TPSA) is 45.2 Å². The molecule has 0 bridgehead atoms. The standard InChI is InChI=1S/C22H27ClF3N3OS/c1-13(2)18(28-20-27-17(11-31-20)22(24,25)26)19(30)29-10-9-16(21(3,4)12-29)14-5-7-15(23)8-6-14/h5-8,11,13,16,18H,9-10,12H2,1-4H3,(H,27,28). The number of benzene rings is 1. The molecule has 170 valence electrons. The number of piperidine rings is 1. The van der Waals surface area contributed by atoms with Gasteiger partial charge in [0.15, 0.2) is 10.8 Å². The molecule has 1 fully saturated rings. The Bertz CT molecular complexity index is 911. The monoisotopic (exact) mass is 473 g/mol. The number of hydrogen-bond acceptors (Lipinski definition) is 4. The number of aromatic nitrogens is 1. The highest BCUT2D eigenvalue weighted by Crippen LogP contribution is 2.42. The van der Waals surface area contributed by atoms with Crippen molar-refractivity contribution >= 4 is 34.0 Å². The molecule has 2 aromatic rings. The Morgan fingerprint density at radius 1 is 1.29 bits per heavy atom.